The molecule has 0 saturated carbocycles. The van der Waals surface area contributed by atoms with E-state index >= 15 is 0 Å². The molecule has 4 aromatic carbocycles. The van der Waals surface area contributed by atoms with Crippen LogP contribution in [0.1, 0.15) is 5.56 Å². The van der Waals surface area contributed by atoms with Gasteiger partial charge in [0.25, 0.3) is 0 Å². The van der Waals surface area contributed by atoms with E-state index in [4.69, 9.17) is 12.2 Å². The van der Waals surface area contributed by atoms with E-state index in [2.05, 4.69) is 15.6 Å². The molecular formula is C25H21N3O2S2. The summed E-state index contributed by atoms with van der Waals surface area (Å²) in [6.45, 7) is 0. The molecule has 5 nitrogen and oxygen atoms in total. The van der Waals surface area contributed by atoms with E-state index in [1.165, 1.54) is 0 Å². The number of rotatable bonds is 5. The van der Waals surface area contributed by atoms with Crippen LogP contribution >= 0.6 is 12.2 Å². The maximum Gasteiger partial charge on any atom is 0.198 e. The first-order valence-corrected chi connectivity index (χ1v) is 12.0. The van der Waals surface area contributed by atoms with Crippen molar-refractivity contribution < 1.29 is 8.42 Å². The molecular weight excluding hydrogens is 438 g/mol. The number of para-hydroxylation sites is 1. The summed E-state index contributed by atoms with van der Waals surface area (Å²) in [5.41, 5.74) is 1.56. The van der Waals surface area contributed by atoms with E-state index in [0.717, 1.165) is 22.0 Å². The van der Waals surface area contributed by atoms with E-state index in [1.807, 2.05) is 84.9 Å². The van der Waals surface area contributed by atoms with E-state index in [1.54, 1.807) is 18.2 Å². The van der Waals surface area contributed by atoms with Crippen molar-refractivity contribution in [2.24, 2.45) is 4.99 Å². The van der Waals surface area contributed by atoms with Crippen LogP contribution in [0.25, 0.3) is 10.8 Å². The van der Waals surface area contributed by atoms with Crippen LogP contribution in [0.4, 0.5) is 5.69 Å². The number of nitrogens with zero attached hydrogens (tertiary/aromatic N) is 1. The summed E-state index contributed by atoms with van der Waals surface area (Å²) in [4.78, 5) is 4.63. The number of nitrogens with one attached hydrogen (secondary N) is 2. The van der Waals surface area contributed by atoms with Gasteiger partial charge in [-0.05, 0) is 47.3 Å². The van der Waals surface area contributed by atoms with Gasteiger partial charge < -0.3 is 10.6 Å². The minimum Gasteiger partial charge on any atom is -0.332 e. The average molecular weight is 460 g/mol. The van der Waals surface area contributed by atoms with Gasteiger partial charge in [0.2, 0.25) is 0 Å². The van der Waals surface area contributed by atoms with E-state index in [9.17, 15) is 8.42 Å². The first-order valence-electron chi connectivity index (χ1n) is 9.96. The van der Waals surface area contributed by atoms with Crippen LogP contribution in [0.15, 0.2) is 113 Å². The van der Waals surface area contributed by atoms with Crippen LogP contribution in [-0.2, 0) is 9.84 Å². The molecule has 0 aromatic heterocycles. The summed E-state index contributed by atoms with van der Waals surface area (Å²) < 4.78 is 26.0. The molecule has 7 heteroatoms. The Hall–Kier alpha value is -3.55. The van der Waals surface area contributed by atoms with Gasteiger partial charge in [-0.25, -0.2) is 8.42 Å². The second-order valence-corrected chi connectivity index (χ2v) is 9.44. The Morgan fingerprint density at radius 1 is 0.781 bits per heavy atom. The van der Waals surface area contributed by atoms with Gasteiger partial charge in [-0.15, -0.1) is 0 Å². The van der Waals surface area contributed by atoms with E-state index in [-0.39, 0.29) is 4.90 Å². The lowest BCUT2D eigenvalue weighted by molar-refractivity contribution is 0.596. The second-order valence-electron chi connectivity index (χ2n) is 7.07. The van der Waals surface area contributed by atoms with Gasteiger partial charge in [0, 0.05) is 11.3 Å². The first kappa shape index (κ1) is 21.7. The second kappa shape index (κ2) is 9.72. The summed E-state index contributed by atoms with van der Waals surface area (Å²) in [5, 5.41) is 8.30. The van der Waals surface area contributed by atoms with E-state index in [0.29, 0.717) is 10.9 Å². The number of benzene rings is 4. The molecule has 32 heavy (non-hydrogen) atoms. The minimum absolute atomic E-state index is 0.234. The van der Waals surface area contributed by atoms with Crippen molar-refractivity contribution in [1.82, 2.24) is 5.32 Å². The Morgan fingerprint density at radius 3 is 2.12 bits per heavy atom. The van der Waals surface area contributed by atoms with Crippen LogP contribution in [-0.4, -0.2) is 25.2 Å². The van der Waals surface area contributed by atoms with Gasteiger partial charge in [0.05, 0.1) is 4.90 Å². The fourth-order valence-electron chi connectivity index (χ4n) is 3.18. The molecule has 4 rings (SSSR count). The van der Waals surface area contributed by atoms with Crippen LogP contribution in [0.5, 0.6) is 0 Å². The van der Waals surface area contributed by atoms with Crippen molar-refractivity contribution in [3.05, 3.63) is 109 Å². The Labute approximate surface area is 192 Å². The predicted octanol–water partition coefficient (Wildman–Crippen LogP) is 5.00. The number of amidine groups is 1. The highest BCUT2D eigenvalue weighted by molar-refractivity contribution is 7.91. The third-order valence-electron chi connectivity index (χ3n) is 4.78. The summed E-state index contributed by atoms with van der Waals surface area (Å²) in [7, 11) is -3.64. The van der Waals surface area contributed by atoms with Gasteiger partial charge in [-0.2, -0.15) is 0 Å². The smallest absolute Gasteiger partial charge is 0.198 e. The summed E-state index contributed by atoms with van der Waals surface area (Å²) in [5.74, 6) is -0.0281. The Morgan fingerprint density at radius 2 is 1.41 bits per heavy atom. The zero-order chi connectivity index (χ0) is 22.4. The van der Waals surface area contributed by atoms with Crippen LogP contribution < -0.4 is 10.6 Å². The molecule has 0 spiro atoms. The molecule has 0 aliphatic carbocycles. The molecule has 0 fully saturated rings. The highest BCUT2D eigenvalue weighted by atomic mass is 32.2. The normalized spacial score (nSPS) is 11.8. The molecule has 0 saturated heterocycles. The standard InChI is InChI=1S/C25H21N3O2S2/c29-32(30,23-16-15-19-9-7-8-12-21(19)17-23)18-26-24(20-10-3-1-4-11-20)28-25(31)27-22-13-5-2-6-14-22/h1-17H,18H2,(H2,26,27,28,31). The Bertz CT molecular complexity index is 1370. The molecule has 0 heterocycles. The third-order valence-corrected chi connectivity index (χ3v) is 6.43. The van der Waals surface area contributed by atoms with Gasteiger partial charge in [0.1, 0.15) is 11.7 Å². The zero-order valence-corrected chi connectivity index (χ0v) is 18.7. The fraction of sp³-hybridized carbons (Fsp3) is 0.0400. The van der Waals surface area contributed by atoms with Crippen LogP contribution in [0.2, 0.25) is 0 Å². The summed E-state index contributed by atoms with van der Waals surface area (Å²) >= 11 is 5.41. The number of aliphatic imine (C=N–C) groups is 1. The maximum absolute atomic E-state index is 13.0. The van der Waals surface area contributed by atoms with Gasteiger partial charge in [-0.3, -0.25) is 4.99 Å². The number of hydrogen-bond donors (Lipinski definition) is 2. The van der Waals surface area contributed by atoms with Crippen molar-refractivity contribution in [3.8, 4) is 0 Å². The lowest BCUT2D eigenvalue weighted by Crippen LogP contribution is -2.35. The summed E-state index contributed by atoms with van der Waals surface area (Å²) in [6, 6.07) is 31.5. The monoisotopic (exact) mass is 459 g/mol. The molecule has 0 unspecified atom stereocenters. The topological polar surface area (TPSA) is 70.6 Å². The lowest BCUT2D eigenvalue weighted by atomic mass is 10.1. The van der Waals surface area contributed by atoms with Crippen LogP contribution in [0.3, 0.4) is 0 Å². The molecule has 0 radical (unpaired) electrons. The molecule has 160 valence electrons. The number of sulfone groups is 1. The van der Waals surface area contributed by atoms with Crippen molar-refractivity contribution in [3.63, 3.8) is 0 Å². The number of hydrogen-bond acceptors (Lipinski definition) is 4. The largest absolute Gasteiger partial charge is 0.332 e. The number of anilines is 1. The highest BCUT2D eigenvalue weighted by Crippen LogP contribution is 2.20. The Balaban J connectivity index is 1.58. The van der Waals surface area contributed by atoms with Crippen molar-refractivity contribution in [1.29, 1.82) is 0 Å². The van der Waals surface area contributed by atoms with Crippen LogP contribution in [0, 0.1) is 0 Å². The van der Waals surface area contributed by atoms with Crippen molar-refractivity contribution in [2.75, 3.05) is 11.2 Å². The SMILES string of the molecule is O=S(=O)(CN=C(NC(=S)Nc1ccccc1)c1ccccc1)c1ccc2ccccc2c1. The quantitative estimate of drug-likeness (QED) is 0.250. The van der Waals surface area contributed by atoms with Gasteiger partial charge in [-0.1, -0.05) is 78.9 Å². The summed E-state index contributed by atoms with van der Waals surface area (Å²) in [6.07, 6.45) is 0. The highest BCUT2D eigenvalue weighted by Gasteiger charge is 2.16. The van der Waals surface area contributed by atoms with Crippen molar-refractivity contribution in [2.45, 2.75) is 4.90 Å². The number of fused-ring (bicyclic) bond motifs is 1. The molecule has 0 atom stereocenters. The zero-order valence-electron chi connectivity index (χ0n) is 17.1. The van der Waals surface area contributed by atoms with E-state index < -0.39 is 15.7 Å². The van der Waals surface area contributed by atoms with Crippen molar-refractivity contribution >= 4 is 49.5 Å². The third kappa shape index (κ3) is 5.38. The first-order chi connectivity index (χ1) is 15.5. The molecule has 0 aliphatic rings. The van der Waals surface area contributed by atoms with Gasteiger partial charge >= 0.3 is 0 Å². The number of thiocarbonyl (C=S) groups is 1. The molecule has 2 N–H and O–H groups in total. The molecule has 0 aliphatic heterocycles. The fourth-order valence-corrected chi connectivity index (χ4v) is 4.42. The van der Waals surface area contributed by atoms with Gasteiger partial charge in [0.15, 0.2) is 14.9 Å². The maximum atomic E-state index is 13.0. The molecule has 0 amide bonds. The lowest BCUT2D eigenvalue weighted by Gasteiger charge is -2.13. The molecule has 4 aromatic rings. The Kier molecular flexibility index (Phi) is 6.58. The predicted molar refractivity (Wildman–Crippen MR) is 135 cm³/mol. The average Bonchev–Trinajstić information content (AvgIpc) is 2.82. The minimum atomic E-state index is -3.64. The molecule has 0 bridgehead atoms.